The van der Waals surface area contributed by atoms with E-state index in [0.29, 0.717) is 0 Å². The number of carbonyl (C=O) groups is 3. The highest BCUT2D eigenvalue weighted by molar-refractivity contribution is 5.98. The third-order valence-electron chi connectivity index (χ3n) is 4.38. The van der Waals surface area contributed by atoms with Gasteiger partial charge >= 0.3 is 5.97 Å². The molecule has 2 amide bonds. The Bertz CT molecular complexity index is 920. The monoisotopic (exact) mass is 394 g/mol. The Morgan fingerprint density at radius 3 is 2.34 bits per heavy atom. The maximum atomic E-state index is 12.3. The third-order valence-corrected chi connectivity index (χ3v) is 4.38. The molecule has 2 N–H and O–H groups in total. The normalized spacial score (nSPS) is 12.1. The van der Waals surface area contributed by atoms with E-state index < -0.39 is 24.4 Å². The Kier molecular flexibility index (Phi) is 7.71. The summed E-state index contributed by atoms with van der Waals surface area (Å²) in [6.45, 7) is 6.75. The molecular formula is C23H26N2O4. The summed E-state index contributed by atoms with van der Waals surface area (Å²) in [6.07, 6.45) is 1.50. The van der Waals surface area contributed by atoms with Crippen molar-refractivity contribution in [1.82, 2.24) is 10.6 Å². The van der Waals surface area contributed by atoms with Crippen LogP contribution < -0.4 is 10.6 Å². The first-order valence-electron chi connectivity index (χ1n) is 9.34. The number of amides is 2. The lowest BCUT2D eigenvalue weighted by atomic mass is 10.0. The van der Waals surface area contributed by atoms with Crippen LogP contribution in [0.25, 0.3) is 6.08 Å². The molecular weight excluding hydrogens is 368 g/mol. The van der Waals surface area contributed by atoms with Crippen molar-refractivity contribution in [2.75, 3.05) is 6.61 Å². The lowest BCUT2D eigenvalue weighted by Crippen LogP contribution is -2.33. The van der Waals surface area contributed by atoms with E-state index in [-0.39, 0.29) is 11.7 Å². The number of benzene rings is 2. The molecule has 0 bridgehead atoms. The maximum absolute atomic E-state index is 12.3. The Labute approximate surface area is 171 Å². The second-order valence-corrected chi connectivity index (χ2v) is 6.86. The van der Waals surface area contributed by atoms with Gasteiger partial charge in [0.15, 0.2) is 6.61 Å². The summed E-state index contributed by atoms with van der Waals surface area (Å²) in [7, 11) is 0. The maximum Gasteiger partial charge on any atom is 0.355 e. The standard InChI is InChI=1S/C23H26N2O4/c1-15-10-11-20(12-16(15)2)17(3)24-22(27)14-29-23(28)21(25-18(4)26)13-19-8-6-5-7-9-19/h5-13,17H,14H2,1-4H3,(H,24,27)(H,25,26)/b21-13-/t17-/m1/s1. The summed E-state index contributed by atoms with van der Waals surface area (Å²) in [5.74, 6) is -1.61. The molecule has 1 atom stereocenters. The minimum absolute atomic E-state index is 0.0290. The summed E-state index contributed by atoms with van der Waals surface area (Å²) in [6, 6.07) is 14.8. The van der Waals surface area contributed by atoms with Gasteiger partial charge in [0.25, 0.3) is 5.91 Å². The zero-order chi connectivity index (χ0) is 21.4. The van der Waals surface area contributed by atoms with Gasteiger partial charge in [0.1, 0.15) is 5.70 Å². The Morgan fingerprint density at radius 1 is 1.03 bits per heavy atom. The van der Waals surface area contributed by atoms with Crippen molar-refractivity contribution < 1.29 is 19.1 Å². The van der Waals surface area contributed by atoms with Crippen molar-refractivity contribution >= 4 is 23.9 Å². The van der Waals surface area contributed by atoms with E-state index in [1.807, 2.05) is 57.2 Å². The molecule has 0 aliphatic carbocycles. The van der Waals surface area contributed by atoms with E-state index in [0.717, 1.165) is 16.7 Å². The van der Waals surface area contributed by atoms with Crippen molar-refractivity contribution in [2.45, 2.75) is 33.7 Å². The zero-order valence-electron chi connectivity index (χ0n) is 17.1. The van der Waals surface area contributed by atoms with Gasteiger partial charge in [-0.05, 0) is 49.1 Å². The third kappa shape index (κ3) is 6.92. The first kappa shape index (κ1) is 21.9. The van der Waals surface area contributed by atoms with Gasteiger partial charge in [-0.1, -0.05) is 48.5 Å². The van der Waals surface area contributed by atoms with Crippen molar-refractivity contribution in [3.63, 3.8) is 0 Å². The average Bonchev–Trinajstić information content (AvgIpc) is 2.68. The van der Waals surface area contributed by atoms with Gasteiger partial charge in [0, 0.05) is 6.92 Å². The molecule has 0 fully saturated rings. The van der Waals surface area contributed by atoms with Gasteiger partial charge in [-0.25, -0.2) is 4.79 Å². The number of rotatable bonds is 7. The first-order valence-corrected chi connectivity index (χ1v) is 9.34. The lowest BCUT2D eigenvalue weighted by molar-refractivity contribution is -0.145. The van der Waals surface area contributed by atoms with Gasteiger partial charge < -0.3 is 15.4 Å². The largest absolute Gasteiger partial charge is 0.451 e. The van der Waals surface area contributed by atoms with E-state index in [2.05, 4.69) is 10.6 Å². The van der Waals surface area contributed by atoms with Crippen LogP contribution in [-0.2, 0) is 19.1 Å². The van der Waals surface area contributed by atoms with Crippen molar-refractivity contribution in [1.29, 1.82) is 0 Å². The Hall–Kier alpha value is -3.41. The number of aryl methyl sites for hydroxylation is 2. The highest BCUT2D eigenvalue weighted by Gasteiger charge is 2.16. The number of hydrogen-bond donors (Lipinski definition) is 2. The van der Waals surface area contributed by atoms with Crippen LogP contribution >= 0.6 is 0 Å². The number of esters is 1. The molecule has 6 nitrogen and oxygen atoms in total. The summed E-state index contributed by atoms with van der Waals surface area (Å²) in [5.41, 5.74) is 3.98. The van der Waals surface area contributed by atoms with E-state index in [4.69, 9.17) is 4.74 Å². The van der Waals surface area contributed by atoms with Gasteiger partial charge in [-0.3, -0.25) is 9.59 Å². The second-order valence-electron chi connectivity index (χ2n) is 6.86. The van der Waals surface area contributed by atoms with Crippen LogP contribution in [0.15, 0.2) is 54.2 Å². The molecule has 2 aromatic carbocycles. The van der Waals surface area contributed by atoms with Crippen LogP contribution in [0.3, 0.4) is 0 Å². The summed E-state index contributed by atoms with van der Waals surface area (Å²) < 4.78 is 5.08. The average molecular weight is 394 g/mol. The van der Waals surface area contributed by atoms with Crippen LogP contribution in [0.2, 0.25) is 0 Å². The topological polar surface area (TPSA) is 84.5 Å². The second kappa shape index (κ2) is 10.2. The number of nitrogens with one attached hydrogen (secondary N) is 2. The first-order chi connectivity index (χ1) is 13.8. The smallest absolute Gasteiger partial charge is 0.355 e. The molecule has 0 saturated carbocycles. The van der Waals surface area contributed by atoms with Gasteiger partial charge in [-0.15, -0.1) is 0 Å². The lowest BCUT2D eigenvalue weighted by Gasteiger charge is -2.16. The van der Waals surface area contributed by atoms with Gasteiger partial charge in [0.05, 0.1) is 6.04 Å². The number of hydrogen-bond acceptors (Lipinski definition) is 4. The van der Waals surface area contributed by atoms with Crippen molar-refractivity contribution in [3.05, 3.63) is 76.5 Å². The van der Waals surface area contributed by atoms with Crippen molar-refractivity contribution in [3.8, 4) is 0 Å². The van der Waals surface area contributed by atoms with Gasteiger partial charge in [-0.2, -0.15) is 0 Å². The van der Waals surface area contributed by atoms with E-state index in [9.17, 15) is 14.4 Å². The molecule has 0 spiro atoms. The molecule has 29 heavy (non-hydrogen) atoms. The van der Waals surface area contributed by atoms with Crippen LogP contribution in [0.1, 0.15) is 42.1 Å². The Morgan fingerprint density at radius 2 is 1.72 bits per heavy atom. The van der Waals surface area contributed by atoms with Crippen LogP contribution in [0.4, 0.5) is 0 Å². The van der Waals surface area contributed by atoms with E-state index >= 15 is 0 Å². The molecule has 6 heteroatoms. The van der Waals surface area contributed by atoms with E-state index in [1.165, 1.54) is 18.6 Å². The predicted octanol–water partition coefficient (Wildman–Crippen LogP) is 3.20. The van der Waals surface area contributed by atoms with Crippen LogP contribution in [0.5, 0.6) is 0 Å². The molecule has 0 radical (unpaired) electrons. The molecule has 0 aliphatic rings. The molecule has 0 aromatic heterocycles. The molecule has 2 aromatic rings. The van der Waals surface area contributed by atoms with Gasteiger partial charge in [0.2, 0.25) is 5.91 Å². The summed E-state index contributed by atoms with van der Waals surface area (Å²) in [5, 5.41) is 5.25. The van der Waals surface area contributed by atoms with Crippen LogP contribution in [-0.4, -0.2) is 24.4 Å². The fourth-order valence-electron chi connectivity index (χ4n) is 2.66. The summed E-state index contributed by atoms with van der Waals surface area (Å²) >= 11 is 0. The molecule has 0 aliphatic heterocycles. The molecule has 152 valence electrons. The highest BCUT2D eigenvalue weighted by atomic mass is 16.5. The fraction of sp³-hybridized carbons (Fsp3) is 0.261. The number of ether oxygens (including phenoxy) is 1. The van der Waals surface area contributed by atoms with Crippen molar-refractivity contribution in [2.24, 2.45) is 0 Å². The Balaban J connectivity index is 1.97. The van der Waals surface area contributed by atoms with E-state index in [1.54, 1.807) is 12.1 Å². The minimum Gasteiger partial charge on any atom is -0.451 e. The van der Waals surface area contributed by atoms with Crippen LogP contribution in [0, 0.1) is 13.8 Å². The molecule has 0 heterocycles. The minimum atomic E-state index is -0.780. The quantitative estimate of drug-likeness (QED) is 0.558. The number of carbonyl (C=O) groups excluding carboxylic acids is 3. The predicted molar refractivity (Wildman–Crippen MR) is 112 cm³/mol. The highest BCUT2D eigenvalue weighted by Crippen LogP contribution is 2.16. The fourth-order valence-corrected chi connectivity index (χ4v) is 2.66. The summed E-state index contributed by atoms with van der Waals surface area (Å²) in [4.78, 5) is 35.9. The molecule has 0 saturated heterocycles. The molecule has 0 unspecified atom stereocenters. The SMILES string of the molecule is CC(=O)N/C(=C\c1ccccc1)C(=O)OCC(=O)N[C@H](C)c1ccc(C)c(C)c1. The molecule has 2 rings (SSSR count). The zero-order valence-corrected chi connectivity index (χ0v) is 17.1.